The van der Waals surface area contributed by atoms with E-state index in [2.05, 4.69) is 5.32 Å². The summed E-state index contributed by atoms with van der Waals surface area (Å²) in [4.78, 5) is 39.6. The number of methoxy groups -OCH3 is 1. The van der Waals surface area contributed by atoms with Gasteiger partial charge in [0.15, 0.2) is 11.5 Å². The number of nitrogens with one attached hydrogen (secondary N) is 1. The van der Waals surface area contributed by atoms with E-state index in [1.807, 2.05) is 22.6 Å². The molecule has 1 heterocycles. The molecule has 12 heteroatoms. The first-order chi connectivity index (χ1) is 19.2. The molecule has 0 aromatic heterocycles. The van der Waals surface area contributed by atoms with Gasteiger partial charge in [0.25, 0.3) is 0 Å². The molecule has 0 bridgehead atoms. The van der Waals surface area contributed by atoms with E-state index in [0.717, 1.165) is 12.8 Å². The minimum absolute atomic E-state index is 0.00816. The van der Waals surface area contributed by atoms with Crippen LogP contribution in [0.5, 0.6) is 11.5 Å². The predicted octanol–water partition coefficient (Wildman–Crippen LogP) is 1.47. The number of halogens is 1. The molecule has 11 nitrogen and oxygen atoms in total. The molecule has 1 aromatic rings. The van der Waals surface area contributed by atoms with Crippen LogP contribution in [0.15, 0.2) is 23.8 Å². The summed E-state index contributed by atoms with van der Waals surface area (Å²) >= 11 is 2.05. The smallest absolute Gasteiger partial charge is 0.247 e. The van der Waals surface area contributed by atoms with E-state index in [-0.39, 0.29) is 63.4 Å². The Hall–Kier alpha value is -2.26. The third-order valence-corrected chi connectivity index (χ3v) is 7.81. The number of aliphatic hydroxyl groups excluding tert-OH is 3. The van der Waals surface area contributed by atoms with Crippen molar-refractivity contribution in [2.24, 2.45) is 0 Å². The van der Waals surface area contributed by atoms with Gasteiger partial charge >= 0.3 is 0 Å². The number of nitrogens with zero attached hydrogens (tertiary/aromatic N) is 1. The molecule has 3 rings (SSSR count). The minimum atomic E-state index is -1.20. The number of aliphatic hydroxyl groups is 3. The Morgan fingerprint density at radius 2 is 2.00 bits per heavy atom. The molecule has 2 amide bonds. The zero-order valence-corrected chi connectivity index (χ0v) is 25.1. The van der Waals surface area contributed by atoms with Crippen LogP contribution in [0.2, 0.25) is 0 Å². The minimum Gasteiger partial charge on any atom is -0.493 e. The van der Waals surface area contributed by atoms with E-state index in [0.29, 0.717) is 39.2 Å². The van der Waals surface area contributed by atoms with Crippen LogP contribution in [0, 0.1) is 3.57 Å². The highest BCUT2D eigenvalue weighted by Gasteiger charge is 2.41. The van der Waals surface area contributed by atoms with Crippen LogP contribution >= 0.6 is 22.6 Å². The van der Waals surface area contributed by atoms with Gasteiger partial charge in [-0.05, 0) is 72.5 Å². The Labute approximate surface area is 248 Å². The molecule has 0 spiro atoms. The quantitative estimate of drug-likeness (QED) is 0.215. The largest absolute Gasteiger partial charge is 0.493 e. The van der Waals surface area contributed by atoms with Crippen LogP contribution in [-0.4, -0.2) is 95.6 Å². The van der Waals surface area contributed by atoms with Crippen LogP contribution in [0.1, 0.15) is 51.0 Å². The highest BCUT2D eigenvalue weighted by molar-refractivity contribution is 14.1. The Kier molecular flexibility index (Phi) is 12.6. The van der Waals surface area contributed by atoms with Crippen molar-refractivity contribution in [3.8, 4) is 11.5 Å². The molecule has 222 valence electrons. The topological polar surface area (TPSA) is 155 Å². The molecule has 1 aromatic carbocycles. The number of rotatable bonds is 14. The third kappa shape index (κ3) is 8.62. The number of carbonyl (C=O) groups excluding carboxylic acids is 3. The van der Waals surface area contributed by atoms with E-state index in [1.54, 1.807) is 17.0 Å². The Bertz CT molecular complexity index is 1070. The molecule has 1 saturated heterocycles. The molecule has 1 fully saturated rings. The van der Waals surface area contributed by atoms with E-state index in [9.17, 15) is 29.7 Å². The van der Waals surface area contributed by atoms with Gasteiger partial charge in [-0.25, -0.2) is 0 Å². The number of hydrogen-bond donors (Lipinski definition) is 4. The summed E-state index contributed by atoms with van der Waals surface area (Å²) in [7, 11) is 1.46. The lowest BCUT2D eigenvalue weighted by atomic mass is 9.87. The summed E-state index contributed by atoms with van der Waals surface area (Å²) in [6, 6.07) is 2.55. The number of carbonyl (C=O) groups is 3. The highest BCUT2D eigenvalue weighted by Crippen LogP contribution is 2.37. The maximum atomic E-state index is 13.5. The van der Waals surface area contributed by atoms with Crippen molar-refractivity contribution in [3.63, 3.8) is 0 Å². The first-order valence-corrected chi connectivity index (χ1v) is 14.6. The summed E-state index contributed by atoms with van der Waals surface area (Å²) < 4.78 is 18.2. The maximum Gasteiger partial charge on any atom is 0.247 e. The molecular formula is C28H39IN2O9. The average Bonchev–Trinajstić information content (AvgIpc) is 3.45. The Balaban J connectivity index is 1.96. The van der Waals surface area contributed by atoms with Gasteiger partial charge < -0.3 is 44.5 Å². The van der Waals surface area contributed by atoms with Crippen molar-refractivity contribution in [1.29, 1.82) is 0 Å². The predicted molar refractivity (Wildman–Crippen MR) is 154 cm³/mol. The normalized spacial score (nSPS) is 22.4. The van der Waals surface area contributed by atoms with Crippen LogP contribution in [-0.2, 0) is 25.7 Å². The zero-order chi connectivity index (χ0) is 29.2. The molecule has 0 radical (unpaired) electrons. The van der Waals surface area contributed by atoms with Crippen LogP contribution < -0.4 is 14.8 Å². The summed E-state index contributed by atoms with van der Waals surface area (Å²) in [5.74, 6) is -0.00329. The van der Waals surface area contributed by atoms with Gasteiger partial charge in [-0.3, -0.25) is 9.59 Å². The molecule has 4 N–H and O–H groups in total. The molecule has 2 aliphatic rings. The second-order valence-corrected chi connectivity index (χ2v) is 11.2. The lowest BCUT2D eigenvalue weighted by Crippen LogP contribution is -2.56. The van der Waals surface area contributed by atoms with Gasteiger partial charge in [-0.2, -0.15) is 0 Å². The number of amides is 2. The summed E-state index contributed by atoms with van der Waals surface area (Å²) in [5, 5.41) is 33.0. The maximum absolute atomic E-state index is 13.5. The van der Waals surface area contributed by atoms with E-state index in [1.165, 1.54) is 20.1 Å². The van der Waals surface area contributed by atoms with Crippen molar-refractivity contribution in [3.05, 3.63) is 32.9 Å². The summed E-state index contributed by atoms with van der Waals surface area (Å²) in [6.07, 6.45) is 1.59. The summed E-state index contributed by atoms with van der Waals surface area (Å²) in [5.41, 5.74) is 0.928. The Morgan fingerprint density at radius 1 is 1.23 bits per heavy atom. The lowest BCUT2D eigenvalue weighted by molar-refractivity contribution is -0.141. The Morgan fingerprint density at radius 3 is 2.62 bits per heavy atom. The van der Waals surface area contributed by atoms with Gasteiger partial charge in [0.1, 0.15) is 18.0 Å². The first-order valence-electron chi connectivity index (χ1n) is 13.5. The second kappa shape index (κ2) is 15.7. The van der Waals surface area contributed by atoms with Crippen molar-refractivity contribution in [2.45, 2.75) is 76.4 Å². The zero-order valence-electron chi connectivity index (χ0n) is 22.9. The van der Waals surface area contributed by atoms with Crippen molar-refractivity contribution < 1.29 is 43.9 Å². The molecular weight excluding hydrogens is 635 g/mol. The van der Waals surface area contributed by atoms with Crippen molar-refractivity contribution in [2.75, 3.05) is 33.4 Å². The third-order valence-electron chi connectivity index (χ3n) is 7.00. The van der Waals surface area contributed by atoms with Crippen molar-refractivity contribution >= 4 is 40.2 Å². The average molecular weight is 675 g/mol. The first kappa shape index (κ1) is 32.3. The fourth-order valence-corrected chi connectivity index (χ4v) is 5.75. The van der Waals surface area contributed by atoms with E-state index >= 15 is 0 Å². The molecule has 4 atom stereocenters. The molecule has 1 aliphatic heterocycles. The standard InChI is InChI=1S/C28H39IN2O9/c1-17(34)5-3-7-25(35)31(15-20-6-4-10-39-20)22-13-19(28(37)30-8-9-32)14-23(26(22)36)40-27-21(29)11-18(16-33)12-24(27)38-2/h11-12,14,20,22-23,26,32-33,36H,3-10,13,15-16H2,1-2H3,(H,30,37). The van der Waals surface area contributed by atoms with E-state index < -0.39 is 24.2 Å². The highest BCUT2D eigenvalue weighted by atomic mass is 127. The fourth-order valence-electron chi connectivity index (χ4n) is 4.96. The van der Waals surface area contributed by atoms with Gasteiger partial charge in [0.2, 0.25) is 11.8 Å². The summed E-state index contributed by atoms with van der Waals surface area (Å²) in [6.45, 7) is 1.92. The number of Topliss-reactive ketones (excluding diaryl/α,β-unsaturated/α-hetero) is 1. The van der Waals surface area contributed by atoms with E-state index in [4.69, 9.17) is 14.2 Å². The number of benzene rings is 1. The molecule has 1 aliphatic carbocycles. The van der Waals surface area contributed by atoms with Gasteiger partial charge in [0.05, 0.1) is 36.0 Å². The molecule has 4 unspecified atom stereocenters. The molecule has 0 saturated carbocycles. The van der Waals surface area contributed by atoms with Crippen LogP contribution in [0.4, 0.5) is 0 Å². The van der Waals surface area contributed by atoms with Gasteiger partial charge in [-0.1, -0.05) is 0 Å². The van der Waals surface area contributed by atoms with Crippen LogP contribution in [0.25, 0.3) is 0 Å². The lowest BCUT2D eigenvalue weighted by Gasteiger charge is -2.41. The number of ketones is 1. The van der Waals surface area contributed by atoms with Crippen molar-refractivity contribution in [1.82, 2.24) is 10.2 Å². The number of hydrogen-bond acceptors (Lipinski definition) is 9. The van der Waals surface area contributed by atoms with Gasteiger partial charge in [-0.15, -0.1) is 0 Å². The molecule has 40 heavy (non-hydrogen) atoms. The SMILES string of the molecule is COc1cc(CO)cc(I)c1OC1C=C(C(=O)NCCO)CC(N(CC2CCCO2)C(=O)CCCC(C)=O)C1O. The van der Waals surface area contributed by atoms with Gasteiger partial charge in [0, 0.05) is 44.5 Å². The number of ether oxygens (including phenoxy) is 3. The second-order valence-electron chi connectivity index (χ2n) is 10.0. The van der Waals surface area contributed by atoms with Crippen LogP contribution in [0.3, 0.4) is 0 Å². The monoisotopic (exact) mass is 674 g/mol. The fraction of sp³-hybridized carbons (Fsp3) is 0.607.